The molecule has 0 saturated carbocycles. The van der Waals surface area contributed by atoms with Crippen LogP contribution in [0.5, 0.6) is 0 Å². The summed E-state index contributed by atoms with van der Waals surface area (Å²) in [5.74, 6) is -0.313. The molecule has 4 nitrogen and oxygen atoms in total. The topological polar surface area (TPSA) is 58.2 Å². The van der Waals surface area contributed by atoms with Gasteiger partial charge in [-0.3, -0.25) is 4.79 Å². The van der Waals surface area contributed by atoms with E-state index >= 15 is 0 Å². The number of amides is 2. The van der Waals surface area contributed by atoms with Gasteiger partial charge in [0.25, 0.3) is 0 Å². The molecular weight excluding hydrogens is 271 g/mol. The van der Waals surface area contributed by atoms with E-state index in [0.717, 1.165) is 0 Å². The number of hydrogen-bond donors (Lipinski definition) is 2. The number of ketones is 1. The zero-order chi connectivity index (χ0) is 15.2. The van der Waals surface area contributed by atoms with Gasteiger partial charge in [0.15, 0.2) is 5.78 Å². The highest BCUT2D eigenvalue weighted by Gasteiger charge is 2.40. The molecule has 0 spiro atoms. The summed E-state index contributed by atoms with van der Waals surface area (Å²) >= 11 is 0. The molecule has 0 bridgehead atoms. The Labute approximate surface area is 122 Å². The van der Waals surface area contributed by atoms with E-state index in [1.165, 1.54) is 12.1 Å². The van der Waals surface area contributed by atoms with Crippen LogP contribution in [0.25, 0.3) is 0 Å². The molecule has 0 saturated heterocycles. The van der Waals surface area contributed by atoms with Crippen LogP contribution < -0.4 is 10.6 Å². The van der Waals surface area contributed by atoms with Gasteiger partial charge < -0.3 is 10.6 Å². The summed E-state index contributed by atoms with van der Waals surface area (Å²) < 4.78 is 13.1. The summed E-state index contributed by atoms with van der Waals surface area (Å²) in [6.45, 7) is 4.02. The number of halogens is 1. The van der Waals surface area contributed by atoms with Crippen LogP contribution in [-0.4, -0.2) is 11.8 Å². The van der Waals surface area contributed by atoms with Crippen molar-refractivity contribution in [3.8, 4) is 0 Å². The van der Waals surface area contributed by atoms with Gasteiger partial charge >= 0.3 is 6.03 Å². The molecule has 110 valence electrons. The van der Waals surface area contributed by atoms with Gasteiger partial charge in [0, 0.05) is 17.7 Å². The molecule has 2 aliphatic rings. The maximum Gasteiger partial charge on any atom is 0.319 e. The SMILES string of the molecule is CC1(C)CC(=O)C2=C(C1)NC(=O)N[C@H]2c1ccc(F)cc1. The highest BCUT2D eigenvalue weighted by molar-refractivity contribution is 6.01. The van der Waals surface area contributed by atoms with E-state index in [9.17, 15) is 14.0 Å². The van der Waals surface area contributed by atoms with Crippen molar-refractivity contribution in [3.63, 3.8) is 0 Å². The number of allylic oxidation sites excluding steroid dienone is 1. The second-order valence-electron chi connectivity index (χ2n) is 6.42. The molecule has 2 N–H and O–H groups in total. The summed E-state index contributed by atoms with van der Waals surface area (Å²) in [4.78, 5) is 24.3. The van der Waals surface area contributed by atoms with Crippen molar-refractivity contribution in [1.29, 1.82) is 0 Å². The quantitative estimate of drug-likeness (QED) is 0.835. The van der Waals surface area contributed by atoms with Crippen molar-refractivity contribution in [2.45, 2.75) is 32.7 Å². The van der Waals surface area contributed by atoms with E-state index in [4.69, 9.17) is 0 Å². The Balaban J connectivity index is 2.06. The number of rotatable bonds is 1. The van der Waals surface area contributed by atoms with E-state index in [1.807, 2.05) is 13.8 Å². The second kappa shape index (κ2) is 4.69. The van der Waals surface area contributed by atoms with Crippen LogP contribution in [0, 0.1) is 11.2 Å². The minimum absolute atomic E-state index is 0.0306. The molecule has 2 amide bonds. The van der Waals surface area contributed by atoms with E-state index in [1.54, 1.807) is 12.1 Å². The van der Waals surface area contributed by atoms with Crippen LogP contribution in [0.15, 0.2) is 35.5 Å². The van der Waals surface area contributed by atoms with E-state index in [0.29, 0.717) is 29.7 Å². The lowest BCUT2D eigenvalue weighted by Crippen LogP contribution is -2.48. The fourth-order valence-corrected chi connectivity index (χ4v) is 3.06. The van der Waals surface area contributed by atoms with Gasteiger partial charge in [-0.2, -0.15) is 0 Å². The second-order valence-corrected chi connectivity index (χ2v) is 6.42. The molecule has 1 atom stereocenters. The summed E-state index contributed by atoms with van der Waals surface area (Å²) in [6.07, 6.45) is 1.10. The number of nitrogens with one attached hydrogen (secondary N) is 2. The molecule has 0 aromatic heterocycles. The first kappa shape index (κ1) is 13.8. The zero-order valence-electron chi connectivity index (χ0n) is 12.0. The van der Waals surface area contributed by atoms with E-state index < -0.39 is 6.04 Å². The number of carbonyl (C=O) groups is 2. The third-order valence-electron chi connectivity index (χ3n) is 3.95. The van der Waals surface area contributed by atoms with E-state index in [2.05, 4.69) is 10.6 Å². The summed E-state index contributed by atoms with van der Waals surface area (Å²) in [5, 5.41) is 5.51. The van der Waals surface area contributed by atoms with Crippen molar-refractivity contribution in [1.82, 2.24) is 10.6 Å². The van der Waals surface area contributed by atoms with E-state index in [-0.39, 0.29) is 23.0 Å². The number of carbonyl (C=O) groups excluding carboxylic acids is 2. The molecular formula is C16H17FN2O2. The maximum atomic E-state index is 13.1. The predicted octanol–water partition coefficient (Wildman–Crippen LogP) is 2.82. The minimum Gasteiger partial charge on any atom is -0.327 e. The Kier molecular flexibility index (Phi) is 3.08. The number of Topliss-reactive ketones (excluding diaryl/α,β-unsaturated/α-hetero) is 1. The van der Waals surface area contributed by atoms with Crippen molar-refractivity contribution < 1.29 is 14.0 Å². The summed E-state index contributed by atoms with van der Waals surface area (Å²) in [7, 11) is 0. The fourth-order valence-electron chi connectivity index (χ4n) is 3.06. The molecule has 0 radical (unpaired) electrons. The van der Waals surface area contributed by atoms with Gasteiger partial charge in [-0.25, -0.2) is 9.18 Å². The molecule has 1 aromatic carbocycles. The molecule has 1 aliphatic heterocycles. The van der Waals surface area contributed by atoms with Gasteiger partial charge in [0.2, 0.25) is 0 Å². The number of urea groups is 1. The van der Waals surface area contributed by atoms with Gasteiger partial charge in [0.05, 0.1) is 6.04 Å². The largest absolute Gasteiger partial charge is 0.327 e. The van der Waals surface area contributed by atoms with Crippen molar-refractivity contribution in [2.75, 3.05) is 0 Å². The van der Waals surface area contributed by atoms with Crippen molar-refractivity contribution in [2.24, 2.45) is 5.41 Å². The van der Waals surface area contributed by atoms with Gasteiger partial charge in [0.1, 0.15) is 5.82 Å². The average molecular weight is 288 g/mol. The van der Waals surface area contributed by atoms with Crippen LogP contribution in [-0.2, 0) is 4.79 Å². The Hall–Kier alpha value is -2.17. The van der Waals surface area contributed by atoms with Gasteiger partial charge in [-0.15, -0.1) is 0 Å². The molecule has 1 aromatic rings. The summed E-state index contributed by atoms with van der Waals surface area (Å²) in [5.41, 5.74) is 1.84. The van der Waals surface area contributed by atoms with Crippen LogP contribution in [0.4, 0.5) is 9.18 Å². The molecule has 0 fully saturated rings. The maximum absolute atomic E-state index is 13.1. The Bertz CT molecular complexity index is 647. The smallest absolute Gasteiger partial charge is 0.319 e. The first-order chi connectivity index (χ1) is 9.85. The first-order valence-corrected chi connectivity index (χ1v) is 6.95. The van der Waals surface area contributed by atoms with Crippen molar-refractivity contribution in [3.05, 3.63) is 46.9 Å². The molecule has 1 heterocycles. The molecule has 1 aliphatic carbocycles. The Morgan fingerprint density at radius 2 is 1.81 bits per heavy atom. The Morgan fingerprint density at radius 3 is 2.48 bits per heavy atom. The van der Waals surface area contributed by atoms with Gasteiger partial charge in [-0.1, -0.05) is 26.0 Å². The lowest BCUT2D eigenvalue weighted by Gasteiger charge is -2.38. The monoisotopic (exact) mass is 288 g/mol. The summed E-state index contributed by atoms with van der Waals surface area (Å²) in [6, 6.07) is 5.04. The molecule has 21 heavy (non-hydrogen) atoms. The highest BCUT2D eigenvalue weighted by atomic mass is 19.1. The average Bonchev–Trinajstić information content (AvgIpc) is 2.36. The third-order valence-corrected chi connectivity index (χ3v) is 3.95. The highest BCUT2D eigenvalue weighted by Crippen LogP contribution is 2.41. The van der Waals surface area contributed by atoms with Crippen LogP contribution in [0.3, 0.4) is 0 Å². The fraction of sp³-hybridized carbons (Fsp3) is 0.375. The van der Waals surface area contributed by atoms with Crippen LogP contribution >= 0.6 is 0 Å². The molecule has 3 rings (SSSR count). The van der Waals surface area contributed by atoms with Crippen LogP contribution in [0.1, 0.15) is 38.3 Å². The normalized spacial score (nSPS) is 24.2. The lowest BCUT2D eigenvalue weighted by molar-refractivity contribution is -0.118. The van der Waals surface area contributed by atoms with Crippen molar-refractivity contribution >= 4 is 11.8 Å². The predicted molar refractivity (Wildman–Crippen MR) is 75.9 cm³/mol. The number of hydrogen-bond acceptors (Lipinski definition) is 2. The number of benzene rings is 1. The standard InChI is InChI=1S/C16H17FN2O2/c1-16(2)7-11-13(12(20)8-16)14(19-15(21)18-11)9-3-5-10(17)6-4-9/h3-6,14H,7-8H2,1-2H3,(H2,18,19,21)/t14-/m0/s1. The minimum atomic E-state index is -0.502. The third kappa shape index (κ3) is 2.55. The molecule has 5 heteroatoms. The van der Waals surface area contributed by atoms with Crippen LogP contribution in [0.2, 0.25) is 0 Å². The zero-order valence-corrected chi connectivity index (χ0v) is 12.0. The Morgan fingerprint density at radius 1 is 1.14 bits per heavy atom. The molecule has 0 unspecified atom stereocenters. The lowest BCUT2D eigenvalue weighted by atomic mass is 9.73. The van der Waals surface area contributed by atoms with Gasteiger partial charge in [-0.05, 0) is 29.5 Å². The first-order valence-electron chi connectivity index (χ1n) is 6.95.